The molecule has 0 bridgehead atoms. The predicted molar refractivity (Wildman–Crippen MR) is 89.4 cm³/mol. The van der Waals surface area contributed by atoms with Crippen molar-refractivity contribution in [1.82, 2.24) is 5.32 Å². The van der Waals surface area contributed by atoms with E-state index in [1.54, 1.807) is 13.0 Å². The van der Waals surface area contributed by atoms with Gasteiger partial charge >= 0.3 is 6.18 Å². The van der Waals surface area contributed by atoms with Gasteiger partial charge in [0, 0.05) is 0 Å². The molecule has 0 spiro atoms. The third-order valence-electron chi connectivity index (χ3n) is 3.85. The number of benzene rings is 2. The maximum atomic E-state index is 12.8. The van der Waals surface area contributed by atoms with Gasteiger partial charge in [-0.3, -0.25) is 4.79 Å². The molecule has 1 amide bonds. The summed E-state index contributed by atoms with van der Waals surface area (Å²) in [5.41, 5.74) is 1.48. The largest absolute Gasteiger partial charge is 0.483 e. The van der Waals surface area contributed by atoms with Gasteiger partial charge in [0.2, 0.25) is 0 Å². The molecule has 0 aliphatic carbocycles. The Morgan fingerprint density at radius 3 is 2.32 bits per heavy atom. The average Bonchev–Trinajstić information content (AvgIpc) is 2.53. The van der Waals surface area contributed by atoms with Crippen LogP contribution < -0.4 is 10.1 Å². The summed E-state index contributed by atoms with van der Waals surface area (Å²) >= 11 is 0. The molecule has 0 aliphatic rings. The molecule has 0 aliphatic heterocycles. The molecule has 1 unspecified atom stereocenters. The van der Waals surface area contributed by atoms with Crippen molar-refractivity contribution in [2.75, 3.05) is 6.61 Å². The zero-order valence-corrected chi connectivity index (χ0v) is 14.3. The minimum atomic E-state index is -4.41. The fourth-order valence-electron chi connectivity index (χ4n) is 2.52. The van der Waals surface area contributed by atoms with Crippen LogP contribution in [0.2, 0.25) is 0 Å². The Balaban J connectivity index is 1.99. The summed E-state index contributed by atoms with van der Waals surface area (Å²) in [5, 5.41) is 2.65. The van der Waals surface area contributed by atoms with Gasteiger partial charge in [-0.05, 0) is 49.6 Å². The minimum absolute atomic E-state index is 0.199. The third kappa shape index (κ3) is 4.98. The van der Waals surface area contributed by atoms with Crippen LogP contribution in [0.15, 0.2) is 42.5 Å². The van der Waals surface area contributed by atoms with E-state index < -0.39 is 23.7 Å². The number of ether oxygens (including phenoxy) is 1. The molecule has 25 heavy (non-hydrogen) atoms. The Morgan fingerprint density at radius 2 is 1.72 bits per heavy atom. The Morgan fingerprint density at radius 1 is 1.12 bits per heavy atom. The Labute approximate surface area is 144 Å². The number of para-hydroxylation sites is 1. The molecule has 1 atom stereocenters. The second-order valence-corrected chi connectivity index (χ2v) is 5.92. The summed E-state index contributed by atoms with van der Waals surface area (Å²) in [4.78, 5) is 12.0. The maximum absolute atomic E-state index is 12.8. The normalized spacial score (nSPS) is 12.6. The topological polar surface area (TPSA) is 38.3 Å². The molecule has 134 valence electrons. The van der Waals surface area contributed by atoms with Crippen LogP contribution in [0.5, 0.6) is 5.75 Å². The van der Waals surface area contributed by atoms with E-state index in [-0.39, 0.29) is 6.61 Å². The highest BCUT2D eigenvalue weighted by Gasteiger charge is 2.30. The maximum Gasteiger partial charge on any atom is 0.416 e. The molecule has 0 fully saturated rings. The number of rotatable bonds is 5. The Bertz CT molecular complexity index is 736. The van der Waals surface area contributed by atoms with Crippen LogP contribution in [0.25, 0.3) is 0 Å². The summed E-state index contributed by atoms with van der Waals surface area (Å²) in [7, 11) is 0. The van der Waals surface area contributed by atoms with E-state index in [2.05, 4.69) is 5.32 Å². The van der Waals surface area contributed by atoms with E-state index >= 15 is 0 Å². The first-order chi connectivity index (χ1) is 11.7. The Kier molecular flexibility index (Phi) is 5.72. The number of halogens is 3. The van der Waals surface area contributed by atoms with Crippen molar-refractivity contribution < 1.29 is 22.7 Å². The quantitative estimate of drug-likeness (QED) is 0.856. The van der Waals surface area contributed by atoms with Crippen LogP contribution in [-0.2, 0) is 11.0 Å². The lowest BCUT2D eigenvalue weighted by Gasteiger charge is -2.17. The first-order valence-electron chi connectivity index (χ1n) is 7.84. The number of carbonyl (C=O) groups excluding carboxylic acids is 1. The highest BCUT2D eigenvalue weighted by molar-refractivity contribution is 5.78. The highest BCUT2D eigenvalue weighted by atomic mass is 19.4. The zero-order chi connectivity index (χ0) is 18.6. The van der Waals surface area contributed by atoms with Gasteiger partial charge in [-0.1, -0.05) is 30.3 Å². The molecule has 0 saturated heterocycles. The van der Waals surface area contributed by atoms with Gasteiger partial charge in [0.05, 0.1) is 11.6 Å². The van der Waals surface area contributed by atoms with Crippen molar-refractivity contribution >= 4 is 5.91 Å². The number of aryl methyl sites for hydroxylation is 2. The number of hydrogen-bond acceptors (Lipinski definition) is 2. The molecular weight excluding hydrogens is 331 g/mol. The van der Waals surface area contributed by atoms with Gasteiger partial charge < -0.3 is 10.1 Å². The van der Waals surface area contributed by atoms with Crippen molar-refractivity contribution in [1.29, 1.82) is 0 Å². The van der Waals surface area contributed by atoms with Crippen molar-refractivity contribution in [2.45, 2.75) is 33.0 Å². The SMILES string of the molecule is Cc1cccc(C)c1OCC(=O)NC(C)c1cccc(C(F)(F)F)c1. The molecule has 2 aromatic carbocycles. The summed E-state index contributed by atoms with van der Waals surface area (Å²) in [5.74, 6) is 0.247. The third-order valence-corrected chi connectivity index (χ3v) is 3.85. The first kappa shape index (κ1) is 18.8. The Hall–Kier alpha value is -2.50. The van der Waals surface area contributed by atoms with Crippen molar-refractivity contribution in [3.05, 3.63) is 64.7 Å². The van der Waals surface area contributed by atoms with Crippen LogP contribution in [-0.4, -0.2) is 12.5 Å². The van der Waals surface area contributed by atoms with Crippen molar-refractivity contribution in [3.8, 4) is 5.75 Å². The van der Waals surface area contributed by atoms with E-state index in [4.69, 9.17) is 4.74 Å². The second kappa shape index (κ2) is 7.59. The number of carbonyl (C=O) groups is 1. The van der Waals surface area contributed by atoms with E-state index in [9.17, 15) is 18.0 Å². The van der Waals surface area contributed by atoms with E-state index in [1.807, 2.05) is 32.0 Å². The zero-order valence-electron chi connectivity index (χ0n) is 14.3. The van der Waals surface area contributed by atoms with Crippen LogP contribution in [0.3, 0.4) is 0 Å². The smallest absolute Gasteiger partial charge is 0.416 e. The van der Waals surface area contributed by atoms with Gasteiger partial charge in [-0.2, -0.15) is 13.2 Å². The fourth-order valence-corrected chi connectivity index (χ4v) is 2.52. The van der Waals surface area contributed by atoms with Gasteiger partial charge in [0.25, 0.3) is 5.91 Å². The van der Waals surface area contributed by atoms with Crippen molar-refractivity contribution in [2.24, 2.45) is 0 Å². The molecule has 6 heteroatoms. The standard InChI is InChI=1S/C19H20F3NO2/c1-12-6-4-7-13(2)18(12)25-11-17(24)23-14(3)15-8-5-9-16(10-15)19(20,21)22/h4-10,14H,11H2,1-3H3,(H,23,24). The lowest BCUT2D eigenvalue weighted by molar-refractivity contribution is -0.137. The molecule has 0 aromatic heterocycles. The minimum Gasteiger partial charge on any atom is -0.483 e. The lowest BCUT2D eigenvalue weighted by atomic mass is 10.0. The number of nitrogens with one attached hydrogen (secondary N) is 1. The summed E-state index contributed by atoms with van der Waals surface area (Å²) in [6.45, 7) is 5.19. The van der Waals surface area contributed by atoms with Crippen LogP contribution in [0, 0.1) is 13.8 Å². The second-order valence-electron chi connectivity index (χ2n) is 5.92. The fraction of sp³-hybridized carbons (Fsp3) is 0.316. The molecule has 1 N–H and O–H groups in total. The molecule has 0 saturated carbocycles. The van der Waals surface area contributed by atoms with Crippen molar-refractivity contribution in [3.63, 3.8) is 0 Å². The van der Waals surface area contributed by atoms with Gasteiger partial charge in [-0.25, -0.2) is 0 Å². The highest BCUT2D eigenvalue weighted by Crippen LogP contribution is 2.30. The molecule has 0 heterocycles. The van der Waals surface area contributed by atoms with Gasteiger partial charge in [0.1, 0.15) is 5.75 Å². The molecule has 3 nitrogen and oxygen atoms in total. The van der Waals surface area contributed by atoms with Crippen LogP contribution >= 0.6 is 0 Å². The van der Waals surface area contributed by atoms with Gasteiger partial charge in [-0.15, -0.1) is 0 Å². The summed E-state index contributed by atoms with van der Waals surface area (Å²) in [6.07, 6.45) is -4.41. The van der Waals surface area contributed by atoms with E-state index in [1.165, 1.54) is 6.07 Å². The first-order valence-corrected chi connectivity index (χ1v) is 7.84. The summed E-state index contributed by atoms with van der Waals surface area (Å²) < 4.78 is 43.9. The summed E-state index contributed by atoms with van der Waals surface area (Å²) in [6, 6.07) is 10.0. The number of amides is 1. The molecule has 0 radical (unpaired) electrons. The average molecular weight is 351 g/mol. The monoisotopic (exact) mass is 351 g/mol. The lowest BCUT2D eigenvalue weighted by Crippen LogP contribution is -2.31. The van der Waals surface area contributed by atoms with E-state index in [0.29, 0.717) is 11.3 Å². The number of hydrogen-bond donors (Lipinski definition) is 1. The van der Waals surface area contributed by atoms with E-state index in [0.717, 1.165) is 23.3 Å². The predicted octanol–water partition coefficient (Wildman–Crippen LogP) is 4.58. The molecule has 2 aromatic rings. The van der Waals surface area contributed by atoms with Crippen LogP contribution in [0.4, 0.5) is 13.2 Å². The molecular formula is C19H20F3NO2. The number of alkyl halides is 3. The molecule has 2 rings (SSSR count). The van der Waals surface area contributed by atoms with Gasteiger partial charge in [0.15, 0.2) is 6.61 Å². The van der Waals surface area contributed by atoms with Crippen LogP contribution in [0.1, 0.15) is 35.2 Å².